The van der Waals surface area contributed by atoms with E-state index in [2.05, 4.69) is 0 Å². The van der Waals surface area contributed by atoms with Gasteiger partial charge >= 0.3 is 0 Å². The highest BCUT2D eigenvalue weighted by molar-refractivity contribution is 7.85. The Bertz CT molecular complexity index is 422. The average Bonchev–Trinajstić information content (AvgIpc) is 2.33. The maximum atomic E-state index is 13.5. The Morgan fingerprint density at radius 1 is 1.33 bits per heavy atom. The topological polar surface area (TPSA) is 43.1 Å². The van der Waals surface area contributed by atoms with E-state index in [1.54, 1.807) is 0 Å². The number of hydrogen-bond acceptors (Lipinski definition) is 2. The van der Waals surface area contributed by atoms with Crippen molar-refractivity contribution < 1.29 is 13.0 Å². The molecule has 2 N–H and O–H groups in total. The lowest BCUT2D eigenvalue weighted by Gasteiger charge is -2.13. The van der Waals surface area contributed by atoms with Crippen molar-refractivity contribution in [2.75, 3.05) is 5.75 Å². The molecule has 2 nitrogen and oxygen atoms in total. The molecule has 1 aromatic carbocycles. The van der Waals surface area contributed by atoms with E-state index in [1.807, 2.05) is 0 Å². The molecule has 2 unspecified atom stereocenters. The van der Waals surface area contributed by atoms with Crippen LogP contribution in [0.5, 0.6) is 0 Å². The standard InChI is InChI=1S/C10H11F2NOS/c11-6-3-4-7(12)10-9(6)8(13)2-1-5-15(10)14/h3-4,8H,1-2,5,13H2. The van der Waals surface area contributed by atoms with Crippen molar-refractivity contribution in [1.82, 2.24) is 0 Å². The van der Waals surface area contributed by atoms with Gasteiger partial charge in [-0.2, -0.15) is 0 Å². The summed E-state index contributed by atoms with van der Waals surface area (Å²) in [4.78, 5) is -0.0417. The molecule has 2 rings (SSSR count). The Morgan fingerprint density at radius 3 is 2.73 bits per heavy atom. The molecule has 1 aliphatic heterocycles. The second-order valence-corrected chi connectivity index (χ2v) is 5.08. The fourth-order valence-corrected chi connectivity index (χ4v) is 3.22. The smallest absolute Gasteiger partial charge is 0.139 e. The molecule has 0 amide bonds. The molecule has 1 aliphatic rings. The lowest BCUT2D eigenvalue weighted by molar-refractivity contribution is 0.527. The van der Waals surface area contributed by atoms with E-state index in [9.17, 15) is 13.0 Å². The van der Waals surface area contributed by atoms with E-state index >= 15 is 0 Å². The fraction of sp³-hybridized carbons (Fsp3) is 0.400. The molecule has 0 fully saturated rings. The van der Waals surface area contributed by atoms with Crippen LogP contribution in [0.15, 0.2) is 17.0 Å². The Morgan fingerprint density at radius 2 is 2.00 bits per heavy atom. The zero-order valence-electron chi connectivity index (χ0n) is 8.00. The minimum atomic E-state index is -1.47. The Kier molecular flexibility index (Phi) is 2.84. The third-order valence-corrected chi connectivity index (χ3v) is 4.07. The van der Waals surface area contributed by atoms with Gasteiger partial charge in [0.2, 0.25) is 0 Å². The first-order chi connectivity index (χ1) is 7.11. The number of hydrogen-bond donors (Lipinski definition) is 1. The Balaban J connectivity index is 2.68. The van der Waals surface area contributed by atoms with Crippen LogP contribution in [0.3, 0.4) is 0 Å². The molecule has 0 bridgehead atoms. The zero-order valence-corrected chi connectivity index (χ0v) is 8.82. The van der Waals surface area contributed by atoms with E-state index in [0.717, 1.165) is 12.1 Å². The van der Waals surface area contributed by atoms with Gasteiger partial charge in [0.1, 0.15) is 11.6 Å². The summed E-state index contributed by atoms with van der Waals surface area (Å²) in [5.41, 5.74) is 5.83. The lowest BCUT2D eigenvalue weighted by atomic mass is 10.0. The van der Waals surface area contributed by atoms with Crippen molar-refractivity contribution in [2.45, 2.75) is 23.8 Å². The highest BCUT2D eigenvalue weighted by Gasteiger charge is 2.26. The quantitative estimate of drug-likeness (QED) is 0.740. The maximum Gasteiger partial charge on any atom is 0.139 e. The molecule has 5 heteroatoms. The normalized spacial score (nSPS) is 25.8. The molecule has 0 spiro atoms. The second kappa shape index (κ2) is 3.98. The van der Waals surface area contributed by atoms with E-state index in [1.165, 1.54) is 0 Å². The molecule has 15 heavy (non-hydrogen) atoms. The zero-order chi connectivity index (χ0) is 11.0. The van der Waals surface area contributed by atoms with E-state index in [-0.39, 0.29) is 10.5 Å². The summed E-state index contributed by atoms with van der Waals surface area (Å²) in [5, 5.41) is 0. The number of halogens is 2. The van der Waals surface area contributed by atoms with Gasteiger partial charge in [0, 0.05) is 17.4 Å². The van der Waals surface area contributed by atoms with Crippen LogP contribution < -0.4 is 5.73 Å². The third kappa shape index (κ3) is 1.81. The molecule has 2 atom stereocenters. The second-order valence-electron chi connectivity index (χ2n) is 3.57. The molecule has 0 saturated heterocycles. The van der Waals surface area contributed by atoms with Crippen LogP contribution in [0.1, 0.15) is 24.4 Å². The summed E-state index contributed by atoms with van der Waals surface area (Å²) in [6.45, 7) is 0. The van der Waals surface area contributed by atoms with Crippen LogP contribution in [0.4, 0.5) is 8.78 Å². The van der Waals surface area contributed by atoms with Gasteiger partial charge in [0.25, 0.3) is 0 Å². The molecule has 0 saturated carbocycles. The summed E-state index contributed by atoms with van der Waals surface area (Å²) < 4.78 is 38.6. The van der Waals surface area contributed by atoms with Crippen molar-refractivity contribution in [2.24, 2.45) is 5.73 Å². The first kappa shape index (κ1) is 10.7. The van der Waals surface area contributed by atoms with Gasteiger partial charge in [-0.15, -0.1) is 0 Å². The molecule has 1 aromatic rings. The van der Waals surface area contributed by atoms with Gasteiger partial charge in [-0.25, -0.2) is 8.78 Å². The Hall–Kier alpha value is -0.810. The van der Waals surface area contributed by atoms with Crippen LogP contribution in [0.2, 0.25) is 0 Å². The van der Waals surface area contributed by atoms with Gasteiger partial charge in [-0.3, -0.25) is 4.21 Å². The summed E-state index contributed by atoms with van der Waals surface area (Å²) >= 11 is 0. The van der Waals surface area contributed by atoms with Crippen LogP contribution in [0, 0.1) is 11.6 Å². The third-order valence-electron chi connectivity index (χ3n) is 2.54. The lowest BCUT2D eigenvalue weighted by Crippen LogP contribution is -2.13. The molecule has 1 heterocycles. The van der Waals surface area contributed by atoms with Crippen LogP contribution in [0.25, 0.3) is 0 Å². The largest absolute Gasteiger partial charge is 0.324 e. The molecular formula is C10H11F2NOS. The van der Waals surface area contributed by atoms with E-state index < -0.39 is 28.5 Å². The molecule has 0 aromatic heterocycles. The van der Waals surface area contributed by atoms with Gasteiger partial charge in [-0.1, -0.05) is 0 Å². The molecule has 0 aliphatic carbocycles. The summed E-state index contributed by atoms with van der Waals surface area (Å²) in [6.07, 6.45) is 1.17. The van der Waals surface area contributed by atoms with Crippen molar-refractivity contribution in [3.63, 3.8) is 0 Å². The number of benzene rings is 1. The van der Waals surface area contributed by atoms with Gasteiger partial charge < -0.3 is 5.73 Å². The predicted molar refractivity (Wildman–Crippen MR) is 53.8 cm³/mol. The van der Waals surface area contributed by atoms with Crippen molar-refractivity contribution in [1.29, 1.82) is 0 Å². The van der Waals surface area contributed by atoms with E-state index in [4.69, 9.17) is 5.73 Å². The van der Waals surface area contributed by atoms with Crippen molar-refractivity contribution >= 4 is 10.8 Å². The van der Waals surface area contributed by atoms with Crippen molar-refractivity contribution in [3.05, 3.63) is 29.3 Å². The fourth-order valence-electron chi connectivity index (χ4n) is 1.81. The predicted octanol–water partition coefficient (Wildman–Crippen LogP) is 1.87. The van der Waals surface area contributed by atoms with Crippen LogP contribution in [-0.2, 0) is 10.8 Å². The first-order valence-electron chi connectivity index (χ1n) is 4.73. The van der Waals surface area contributed by atoms with Crippen molar-refractivity contribution in [3.8, 4) is 0 Å². The average molecular weight is 231 g/mol. The number of fused-ring (bicyclic) bond motifs is 1. The summed E-state index contributed by atoms with van der Waals surface area (Å²) in [5.74, 6) is -0.836. The molecule has 82 valence electrons. The highest BCUT2D eigenvalue weighted by atomic mass is 32.2. The van der Waals surface area contributed by atoms with Gasteiger partial charge in [0.05, 0.1) is 15.7 Å². The maximum absolute atomic E-state index is 13.5. The van der Waals surface area contributed by atoms with Crippen LogP contribution in [-0.4, -0.2) is 9.96 Å². The first-order valence-corrected chi connectivity index (χ1v) is 6.05. The highest BCUT2D eigenvalue weighted by Crippen LogP contribution is 2.31. The molecular weight excluding hydrogens is 220 g/mol. The summed E-state index contributed by atoms with van der Waals surface area (Å²) in [6, 6.07) is 1.49. The van der Waals surface area contributed by atoms with Gasteiger partial charge in [0.15, 0.2) is 0 Å². The SMILES string of the molecule is NC1CCCS(=O)c2c(F)ccc(F)c21. The molecule has 0 radical (unpaired) electrons. The van der Waals surface area contributed by atoms with E-state index in [0.29, 0.717) is 18.6 Å². The van der Waals surface area contributed by atoms with Gasteiger partial charge in [-0.05, 0) is 25.0 Å². The number of rotatable bonds is 0. The minimum Gasteiger partial charge on any atom is -0.324 e. The van der Waals surface area contributed by atoms with Crippen LogP contribution >= 0.6 is 0 Å². The summed E-state index contributed by atoms with van der Waals surface area (Å²) in [7, 11) is -1.47. The number of nitrogens with two attached hydrogens (primary N) is 1. The monoisotopic (exact) mass is 231 g/mol. The Labute approximate surface area is 88.9 Å². The minimum absolute atomic E-state index is 0.0417.